The summed E-state index contributed by atoms with van der Waals surface area (Å²) < 4.78 is 17.5. The standard InChI is InChI=1S/C26H32O7/c1-7-26(5,33-19-13-8-10-14(2)32-19)15(3)23(28)22-20(16(4)27)24(29)17-11-9-12-18(31-6)21(17)25(22)30/h9,11-12,14,19,27-28H,4,7-8,10,13H2,1-3,5-6H3/b23-15+/t14-,19-,26-/m0/s1. The van der Waals surface area contributed by atoms with Crippen molar-refractivity contribution in [2.45, 2.75) is 71.4 Å². The summed E-state index contributed by atoms with van der Waals surface area (Å²) in [6.45, 7) is 10.8. The Kier molecular flexibility index (Phi) is 7.14. The first kappa shape index (κ1) is 24.7. The number of benzene rings is 1. The highest BCUT2D eigenvalue weighted by atomic mass is 16.7. The van der Waals surface area contributed by atoms with E-state index in [1.54, 1.807) is 26.0 Å². The van der Waals surface area contributed by atoms with Crippen molar-refractivity contribution in [2.24, 2.45) is 0 Å². The molecular formula is C26H32O7. The van der Waals surface area contributed by atoms with Gasteiger partial charge in [-0.15, -0.1) is 0 Å². The topological polar surface area (TPSA) is 102 Å². The van der Waals surface area contributed by atoms with E-state index in [1.165, 1.54) is 13.2 Å². The molecule has 0 amide bonds. The molecule has 1 aliphatic heterocycles. The first-order chi connectivity index (χ1) is 15.6. The predicted molar refractivity (Wildman–Crippen MR) is 124 cm³/mol. The number of fused-ring (bicyclic) bond motifs is 1. The minimum absolute atomic E-state index is 0.0351. The minimum Gasteiger partial charge on any atom is -0.508 e. The molecular weight excluding hydrogens is 424 g/mol. The number of carbonyl (C=O) groups is 2. The van der Waals surface area contributed by atoms with Gasteiger partial charge in [0, 0.05) is 11.1 Å². The van der Waals surface area contributed by atoms with Crippen LogP contribution < -0.4 is 4.74 Å². The molecule has 0 saturated carbocycles. The van der Waals surface area contributed by atoms with Gasteiger partial charge in [-0.25, -0.2) is 0 Å². The van der Waals surface area contributed by atoms with Crippen LogP contribution >= 0.6 is 0 Å². The molecule has 1 aliphatic carbocycles. The second-order valence-electron chi connectivity index (χ2n) is 8.72. The monoisotopic (exact) mass is 456 g/mol. The molecule has 2 N–H and O–H groups in total. The molecule has 1 saturated heterocycles. The second-order valence-corrected chi connectivity index (χ2v) is 8.72. The lowest BCUT2D eigenvalue weighted by Crippen LogP contribution is -2.39. The van der Waals surface area contributed by atoms with Gasteiger partial charge in [0.1, 0.15) is 17.3 Å². The maximum Gasteiger partial charge on any atom is 0.202 e. The van der Waals surface area contributed by atoms with Crippen LogP contribution in [-0.4, -0.2) is 46.9 Å². The van der Waals surface area contributed by atoms with Crippen molar-refractivity contribution in [2.75, 3.05) is 7.11 Å². The van der Waals surface area contributed by atoms with Crippen molar-refractivity contribution in [1.82, 2.24) is 0 Å². The number of Topliss-reactive ketones (excluding diaryl/α,β-unsaturated/α-hetero) is 2. The number of ketones is 2. The van der Waals surface area contributed by atoms with E-state index in [9.17, 15) is 19.8 Å². The quantitative estimate of drug-likeness (QED) is 0.531. The van der Waals surface area contributed by atoms with Gasteiger partial charge in [0.05, 0.1) is 35.5 Å². The first-order valence-electron chi connectivity index (χ1n) is 11.2. The number of hydrogen-bond donors (Lipinski definition) is 2. The van der Waals surface area contributed by atoms with Gasteiger partial charge >= 0.3 is 0 Å². The van der Waals surface area contributed by atoms with Crippen LogP contribution in [0.3, 0.4) is 0 Å². The number of aliphatic hydroxyl groups excluding tert-OH is 2. The summed E-state index contributed by atoms with van der Waals surface area (Å²) in [7, 11) is 1.39. The molecule has 1 fully saturated rings. The Morgan fingerprint density at radius 2 is 1.91 bits per heavy atom. The smallest absolute Gasteiger partial charge is 0.202 e. The number of hydrogen-bond acceptors (Lipinski definition) is 7. The van der Waals surface area contributed by atoms with E-state index in [0.717, 1.165) is 19.3 Å². The average molecular weight is 457 g/mol. The van der Waals surface area contributed by atoms with Gasteiger partial charge in [-0.1, -0.05) is 25.6 Å². The molecule has 7 nitrogen and oxygen atoms in total. The number of ether oxygens (including phenoxy) is 3. The molecule has 0 spiro atoms. The third-order valence-corrected chi connectivity index (χ3v) is 6.60. The van der Waals surface area contributed by atoms with Crippen LogP contribution in [0.5, 0.6) is 5.75 Å². The Morgan fingerprint density at radius 3 is 2.48 bits per heavy atom. The lowest BCUT2D eigenvalue weighted by atomic mass is 9.79. The Labute approximate surface area is 194 Å². The minimum atomic E-state index is -0.981. The fourth-order valence-electron chi connectivity index (χ4n) is 4.33. The highest BCUT2D eigenvalue weighted by Gasteiger charge is 2.41. The van der Waals surface area contributed by atoms with Crippen molar-refractivity contribution < 1.29 is 34.0 Å². The molecule has 3 atom stereocenters. The molecule has 178 valence electrons. The van der Waals surface area contributed by atoms with E-state index in [2.05, 4.69) is 6.58 Å². The highest BCUT2D eigenvalue weighted by molar-refractivity contribution is 6.30. The van der Waals surface area contributed by atoms with Crippen LogP contribution in [0, 0.1) is 0 Å². The van der Waals surface area contributed by atoms with Crippen LogP contribution in [0.4, 0.5) is 0 Å². The van der Waals surface area contributed by atoms with E-state index >= 15 is 0 Å². The van der Waals surface area contributed by atoms with Crippen LogP contribution in [0.25, 0.3) is 0 Å². The largest absolute Gasteiger partial charge is 0.508 e. The van der Waals surface area contributed by atoms with Gasteiger partial charge in [0.15, 0.2) is 12.1 Å². The lowest BCUT2D eigenvalue weighted by molar-refractivity contribution is -0.230. The van der Waals surface area contributed by atoms with Crippen LogP contribution in [0.1, 0.15) is 74.1 Å². The molecule has 33 heavy (non-hydrogen) atoms. The van der Waals surface area contributed by atoms with Crippen molar-refractivity contribution >= 4 is 11.6 Å². The normalized spacial score (nSPS) is 23.5. The number of methoxy groups -OCH3 is 1. The SMILES string of the molecule is C=C(O)C1=C(/C(O)=C(/C)[C@](C)(CC)O[C@H]2CCC[C@H](C)O2)C(=O)c2c(OC)cccc2C1=O. The Morgan fingerprint density at radius 1 is 1.21 bits per heavy atom. The predicted octanol–water partition coefficient (Wildman–Crippen LogP) is 5.37. The first-order valence-corrected chi connectivity index (χ1v) is 11.2. The zero-order valence-corrected chi connectivity index (χ0v) is 19.9. The third kappa shape index (κ3) is 4.48. The van der Waals surface area contributed by atoms with Crippen LogP contribution in [0.15, 0.2) is 53.0 Å². The Bertz CT molecular complexity index is 1050. The summed E-state index contributed by atoms with van der Waals surface area (Å²) in [5.74, 6) is -2.07. The summed E-state index contributed by atoms with van der Waals surface area (Å²) in [4.78, 5) is 26.8. The van der Waals surface area contributed by atoms with Gasteiger partial charge in [0.25, 0.3) is 0 Å². The molecule has 1 aromatic carbocycles. The Hall–Kier alpha value is -2.90. The number of carbonyl (C=O) groups excluding carboxylic acids is 2. The fourth-order valence-corrected chi connectivity index (χ4v) is 4.33. The van der Waals surface area contributed by atoms with Gasteiger partial charge in [0.2, 0.25) is 5.78 Å². The summed E-state index contributed by atoms with van der Waals surface area (Å²) >= 11 is 0. The van der Waals surface area contributed by atoms with Gasteiger partial charge in [-0.2, -0.15) is 0 Å². The van der Waals surface area contributed by atoms with E-state index in [1.807, 2.05) is 13.8 Å². The number of rotatable bonds is 7. The van der Waals surface area contributed by atoms with Crippen LogP contribution in [0.2, 0.25) is 0 Å². The molecule has 0 radical (unpaired) electrons. The van der Waals surface area contributed by atoms with Gasteiger partial charge in [-0.05, 0) is 52.5 Å². The van der Waals surface area contributed by atoms with Crippen molar-refractivity contribution in [3.8, 4) is 5.75 Å². The van der Waals surface area contributed by atoms with Crippen LogP contribution in [-0.2, 0) is 9.47 Å². The van der Waals surface area contributed by atoms with Gasteiger partial charge in [-0.3, -0.25) is 9.59 Å². The lowest BCUT2D eigenvalue weighted by Gasteiger charge is -2.38. The number of aliphatic hydroxyl groups is 2. The Balaban J connectivity index is 2.14. The average Bonchev–Trinajstić information content (AvgIpc) is 2.79. The summed E-state index contributed by atoms with van der Waals surface area (Å²) in [6, 6.07) is 4.63. The summed E-state index contributed by atoms with van der Waals surface area (Å²) in [5, 5.41) is 21.5. The maximum atomic E-state index is 13.5. The number of allylic oxidation sites excluding steroid dienone is 2. The van der Waals surface area contributed by atoms with E-state index in [-0.39, 0.29) is 34.1 Å². The van der Waals surface area contributed by atoms with E-state index in [0.29, 0.717) is 12.0 Å². The molecule has 7 heteroatoms. The highest BCUT2D eigenvalue weighted by Crippen LogP contribution is 2.40. The van der Waals surface area contributed by atoms with Crippen molar-refractivity contribution in [3.63, 3.8) is 0 Å². The molecule has 2 aliphatic rings. The zero-order chi connectivity index (χ0) is 24.5. The van der Waals surface area contributed by atoms with E-state index in [4.69, 9.17) is 14.2 Å². The molecule has 3 rings (SSSR count). The third-order valence-electron chi connectivity index (χ3n) is 6.60. The molecule has 0 bridgehead atoms. The molecule has 0 unspecified atom stereocenters. The van der Waals surface area contributed by atoms with E-state index < -0.39 is 35.0 Å². The molecule has 0 aromatic heterocycles. The second kappa shape index (κ2) is 9.53. The summed E-state index contributed by atoms with van der Waals surface area (Å²) in [6.07, 6.45) is 2.72. The molecule has 1 heterocycles. The summed E-state index contributed by atoms with van der Waals surface area (Å²) in [5.41, 5.74) is -1.17. The maximum absolute atomic E-state index is 13.5. The fraction of sp³-hybridized carbons (Fsp3) is 0.462. The molecule has 1 aromatic rings. The van der Waals surface area contributed by atoms with Gasteiger partial charge < -0.3 is 24.4 Å². The van der Waals surface area contributed by atoms with Crippen molar-refractivity contribution in [3.05, 3.63) is 64.1 Å². The zero-order valence-electron chi connectivity index (χ0n) is 19.9. The van der Waals surface area contributed by atoms with Crippen molar-refractivity contribution in [1.29, 1.82) is 0 Å².